The number of rotatable bonds is 3. The molecule has 0 radical (unpaired) electrons. The van der Waals surface area contributed by atoms with Crippen LogP contribution in [0.3, 0.4) is 0 Å². The highest BCUT2D eigenvalue weighted by Crippen LogP contribution is 2.21. The topological polar surface area (TPSA) is 89.7 Å². The van der Waals surface area contributed by atoms with Gasteiger partial charge in [0.15, 0.2) is 0 Å². The van der Waals surface area contributed by atoms with Crippen molar-refractivity contribution in [2.45, 2.75) is 17.4 Å². The fraction of sp³-hybridized carbons (Fsp3) is 0.417. The summed E-state index contributed by atoms with van der Waals surface area (Å²) in [7, 11) is -2.17. The standard InChI is InChI=1S/C12H15BrN2O4S/c1-15(10-2-3-19-7-10)12(16)8-4-9(13)6-11(5-8)20(14,17)18/h4-6,10H,2-3,7H2,1H3,(H2,14,17,18). The van der Waals surface area contributed by atoms with Gasteiger partial charge in [-0.15, -0.1) is 0 Å². The molecule has 1 atom stereocenters. The van der Waals surface area contributed by atoms with Gasteiger partial charge in [0, 0.05) is 23.7 Å². The first kappa shape index (κ1) is 15.4. The van der Waals surface area contributed by atoms with Crippen LogP contribution in [0.1, 0.15) is 16.8 Å². The molecule has 1 unspecified atom stereocenters. The Morgan fingerprint density at radius 1 is 1.45 bits per heavy atom. The fourth-order valence-corrected chi connectivity index (χ4v) is 3.27. The van der Waals surface area contributed by atoms with Crippen molar-refractivity contribution in [1.82, 2.24) is 4.90 Å². The SMILES string of the molecule is CN(C(=O)c1cc(Br)cc(S(N)(=O)=O)c1)C1CCOC1. The van der Waals surface area contributed by atoms with Gasteiger partial charge in [0.2, 0.25) is 10.0 Å². The van der Waals surface area contributed by atoms with Crippen LogP contribution >= 0.6 is 15.9 Å². The second-order valence-corrected chi connectivity index (χ2v) is 7.13. The lowest BCUT2D eigenvalue weighted by atomic mass is 10.1. The Morgan fingerprint density at radius 3 is 2.70 bits per heavy atom. The monoisotopic (exact) mass is 362 g/mol. The van der Waals surface area contributed by atoms with Gasteiger partial charge in [-0.2, -0.15) is 0 Å². The van der Waals surface area contributed by atoms with Gasteiger partial charge in [-0.25, -0.2) is 13.6 Å². The summed E-state index contributed by atoms with van der Waals surface area (Å²) >= 11 is 3.19. The second-order valence-electron chi connectivity index (χ2n) is 4.65. The number of hydrogen-bond donors (Lipinski definition) is 1. The van der Waals surface area contributed by atoms with Crippen LogP contribution in [0.15, 0.2) is 27.6 Å². The molecule has 1 amide bonds. The normalized spacial score (nSPS) is 19.1. The van der Waals surface area contributed by atoms with Crippen LogP contribution in [0.5, 0.6) is 0 Å². The predicted octanol–water partition coefficient (Wildman–Crippen LogP) is 0.957. The van der Waals surface area contributed by atoms with Crippen molar-refractivity contribution in [2.24, 2.45) is 5.14 Å². The van der Waals surface area contributed by atoms with Crippen molar-refractivity contribution in [3.8, 4) is 0 Å². The Labute approximate surface area is 126 Å². The minimum atomic E-state index is -3.85. The third-order valence-corrected chi connectivity index (χ3v) is 4.57. The largest absolute Gasteiger partial charge is 0.379 e. The molecule has 8 heteroatoms. The Morgan fingerprint density at radius 2 is 2.15 bits per heavy atom. The summed E-state index contributed by atoms with van der Waals surface area (Å²) in [5.74, 6) is -0.258. The maximum absolute atomic E-state index is 12.4. The zero-order valence-corrected chi connectivity index (χ0v) is 13.3. The van der Waals surface area contributed by atoms with Crippen LogP contribution in [0.4, 0.5) is 0 Å². The fourth-order valence-electron chi connectivity index (χ4n) is 2.05. The molecular formula is C12H15BrN2O4S. The number of sulfonamides is 1. The third kappa shape index (κ3) is 3.38. The zero-order valence-electron chi connectivity index (χ0n) is 10.9. The first-order valence-electron chi connectivity index (χ1n) is 5.97. The summed E-state index contributed by atoms with van der Waals surface area (Å²) in [4.78, 5) is 13.9. The van der Waals surface area contributed by atoms with E-state index < -0.39 is 10.0 Å². The van der Waals surface area contributed by atoms with E-state index in [-0.39, 0.29) is 22.4 Å². The van der Waals surface area contributed by atoms with Gasteiger partial charge in [0.25, 0.3) is 5.91 Å². The minimum Gasteiger partial charge on any atom is -0.379 e. The number of amides is 1. The molecule has 1 fully saturated rings. The lowest BCUT2D eigenvalue weighted by Gasteiger charge is -2.23. The molecule has 1 aliphatic heterocycles. The molecule has 1 aromatic carbocycles. The van der Waals surface area contributed by atoms with Gasteiger partial charge in [0.05, 0.1) is 17.5 Å². The van der Waals surface area contributed by atoms with Crippen molar-refractivity contribution < 1.29 is 17.9 Å². The van der Waals surface area contributed by atoms with E-state index >= 15 is 0 Å². The van der Waals surface area contributed by atoms with Crippen molar-refractivity contribution >= 4 is 31.9 Å². The molecule has 0 bridgehead atoms. The smallest absolute Gasteiger partial charge is 0.254 e. The quantitative estimate of drug-likeness (QED) is 0.866. The minimum absolute atomic E-state index is 0.0133. The third-order valence-electron chi connectivity index (χ3n) is 3.22. The number of hydrogen-bond acceptors (Lipinski definition) is 4. The number of benzene rings is 1. The molecule has 20 heavy (non-hydrogen) atoms. The molecule has 1 aliphatic rings. The van der Waals surface area contributed by atoms with Crippen molar-refractivity contribution in [1.29, 1.82) is 0 Å². The van der Waals surface area contributed by atoms with Crippen molar-refractivity contribution in [3.05, 3.63) is 28.2 Å². The molecule has 0 aromatic heterocycles. The molecule has 2 rings (SSSR count). The number of carbonyl (C=O) groups is 1. The van der Waals surface area contributed by atoms with Crippen LogP contribution in [-0.2, 0) is 14.8 Å². The number of nitrogens with two attached hydrogens (primary N) is 1. The summed E-state index contributed by atoms with van der Waals surface area (Å²) in [6.07, 6.45) is 0.776. The van der Waals surface area contributed by atoms with Crippen molar-refractivity contribution in [3.63, 3.8) is 0 Å². The molecule has 2 N–H and O–H groups in total. The summed E-state index contributed by atoms with van der Waals surface area (Å²) < 4.78 is 28.5. The predicted molar refractivity (Wildman–Crippen MR) is 76.8 cm³/mol. The van der Waals surface area contributed by atoms with Crippen LogP contribution in [-0.4, -0.2) is 45.5 Å². The highest BCUT2D eigenvalue weighted by Gasteiger charge is 2.25. The first-order valence-corrected chi connectivity index (χ1v) is 8.31. The highest BCUT2D eigenvalue weighted by molar-refractivity contribution is 9.10. The molecule has 0 saturated carbocycles. The molecule has 1 heterocycles. The van der Waals surface area contributed by atoms with E-state index in [1.807, 2.05) is 0 Å². The molecule has 1 aromatic rings. The maximum Gasteiger partial charge on any atom is 0.254 e. The molecule has 1 saturated heterocycles. The molecule has 110 valence electrons. The van der Waals surface area contributed by atoms with Crippen LogP contribution in [0.25, 0.3) is 0 Å². The average Bonchev–Trinajstić information content (AvgIpc) is 2.89. The summed E-state index contributed by atoms with van der Waals surface area (Å²) in [5.41, 5.74) is 0.276. The number of halogens is 1. The summed E-state index contributed by atoms with van der Waals surface area (Å²) in [5, 5.41) is 5.10. The Balaban J connectivity index is 2.32. The van der Waals surface area contributed by atoms with Crippen LogP contribution < -0.4 is 5.14 Å². The van der Waals surface area contributed by atoms with Crippen LogP contribution in [0.2, 0.25) is 0 Å². The molecule has 6 nitrogen and oxygen atoms in total. The van der Waals surface area contributed by atoms with Gasteiger partial charge in [-0.05, 0) is 24.6 Å². The van der Waals surface area contributed by atoms with E-state index in [4.69, 9.17) is 9.88 Å². The van der Waals surface area contributed by atoms with Gasteiger partial charge in [0.1, 0.15) is 0 Å². The molecular weight excluding hydrogens is 348 g/mol. The van der Waals surface area contributed by atoms with E-state index in [0.29, 0.717) is 17.7 Å². The van der Waals surface area contributed by atoms with E-state index in [9.17, 15) is 13.2 Å². The Kier molecular flexibility index (Phi) is 4.48. The number of nitrogens with zero attached hydrogens (tertiary/aromatic N) is 1. The van der Waals surface area contributed by atoms with E-state index in [0.717, 1.165) is 6.42 Å². The average molecular weight is 363 g/mol. The van der Waals surface area contributed by atoms with E-state index in [1.54, 1.807) is 18.0 Å². The molecule has 0 spiro atoms. The second kappa shape index (κ2) is 5.80. The van der Waals surface area contributed by atoms with Crippen molar-refractivity contribution in [2.75, 3.05) is 20.3 Å². The first-order chi connectivity index (χ1) is 9.29. The van der Waals surface area contributed by atoms with Crippen LogP contribution in [0, 0.1) is 0 Å². The van der Waals surface area contributed by atoms with Gasteiger partial charge in [-0.1, -0.05) is 15.9 Å². The highest BCUT2D eigenvalue weighted by atomic mass is 79.9. The van der Waals surface area contributed by atoms with E-state index in [2.05, 4.69) is 15.9 Å². The number of likely N-dealkylation sites (N-methyl/N-ethyl adjacent to an activating group) is 1. The number of ether oxygens (including phenoxy) is 1. The lowest BCUT2D eigenvalue weighted by molar-refractivity contribution is 0.0711. The number of primary sulfonamides is 1. The number of carbonyl (C=O) groups excluding carboxylic acids is 1. The summed E-state index contributed by atoms with van der Waals surface area (Å²) in [6.45, 7) is 1.13. The Hall–Kier alpha value is -0.960. The Bertz CT molecular complexity index is 626. The van der Waals surface area contributed by atoms with Gasteiger partial charge in [-0.3, -0.25) is 4.79 Å². The van der Waals surface area contributed by atoms with Gasteiger partial charge >= 0.3 is 0 Å². The van der Waals surface area contributed by atoms with Gasteiger partial charge < -0.3 is 9.64 Å². The maximum atomic E-state index is 12.4. The van der Waals surface area contributed by atoms with E-state index in [1.165, 1.54) is 12.1 Å². The lowest BCUT2D eigenvalue weighted by Crippen LogP contribution is -2.37. The zero-order chi connectivity index (χ0) is 14.9. The molecule has 0 aliphatic carbocycles. The summed E-state index contributed by atoms with van der Waals surface area (Å²) in [6, 6.07) is 4.24.